The third-order valence-electron chi connectivity index (χ3n) is 2.52. The summed E-state index contributed by atoms with van der Waals surface area (Å²) in [6, 6.07) is 9.96. The summed E-state index contributed by atoms with van der Waals surface area (Å²) in [6.07, 6.45) is 0. The standard InChI is InChI=1S/C14H11BrCl2N2O2/c15-8-1-4-13(11(17)5-8)21-7-14(20)19-12-6-9(18)2-3-10(12)16/h1-6H,7,18H2,(H,19,20). The number of nitrogens with one attached hydrogen (secondary N) is 1. The van der Waals surface area contributed by atoms with Gasteiger partial charge >= 0.3 is 0 Å². The van der Waals surface area contributed by atoms with Crippen molar-refractivity contribution in [2.24, 2.45) is 0 Å². The van der Waals surface area contributed by atoms with Crippen molar-refractivity contribution < 1.29 is 9.53 Å². The summed E-state index contributed by atoms with van der Waals surface area (Å²) < 4.78 is 6.19. The van der Waals surface area contributed by atoms with Crippen LogP contribution in [0.2, 0.25) is 10.0 Å². The highest BCUT2D eigenvalue weighted by molar-refractivity contribution is 9.10. The van der Waals surface area contributed by atoms with Crippen LogP contribution in [0.1, 0.15) is 0 Å². The van der Waals surface area contributed by atoms with E-state index in [4.69, 9.17) is 33.7 Å². The molecule has 0 unspecified atom stereocenters. The van der Waals surface area contributed by atoms with E-state index in [2.05, 4.69) is 21.2 Å². The zero-order valence-corrected chi connectivity index (χ0v) is 13.8. The lowest BCUT2D eigenvalue weighted by Gasteiger charge is -2.10. The molecule has 0 saturated heterocycles. The second kappa shape index (κ2) is 7.02. The van der Waals surface area contributed by atoms with Gasteiger partial charge in [-0.05, 0) is 36.4 Å². The van der Waals surface area contributed by atoms with Crippen molar-refractivity contribution in [3.63, 3.8) is 0 Å². The predicted octanol–water partition coefficient (Wildman–Crippen LogP) is 4.36. The van der Waals surface area contributed by atoms with Crippen molar-refractivity contribution in [3.8, 4) is 5.75 Å². The monoisotopic (exact) mass is 388 g/mol. The molecule has 21 heavy (non-hydrogen) atoms. The van der Waals surface area contributed by atoms with Crippen molar-refractivity contribution in [3.05, 3.63) is 50.9 Å². The number of nitrogen functional groups attached to an aromatic ring is 1. The van der Waals surface area contributed by atoms with E-state index >= 15 is 0 Å². The molecule has 0 atom stereocenters. The number of anilines is 2. The number of hydrogen-bond acceptors (Lipinski definition) is 3. The molecule has 0 saturated carbocycles. The Morgan fingerprint density at radius 2 is 1.95 bits per heavy atom. The molecular weight excluding hydrogens is 379 g/mol. The molecule has 0 aromatic heterocycles. The van der Waals surface area contributed by atoms with Crippen molar-refractivity contribution >= 4 is 56.4 Å². The van der Waals surface area contributed by atoms with Crippen LogP contribution in [-0.2, 0) is 4.79 Å². The molecule has 0 radical (unpaired) electrons. The van der Waals surface area contributed by atoms with Crippen molar-refractivity contribution in [1.29, 1.82) is 0 Å². The minimum absolute atomic E-state index is 0.188. The second-order valence-corrected chi connectivity index (χ2v) is 5.88. The van der Waals surface area contributed by atoms with E-state index in [0.717, 1.165) is 4.47 Å². The Balaban J connectivity index is 1.97. The number of halogens is 3. The number of hydrogen-bond donors (Lipinski definition) is 2. The lowest BCUT2D eigenvalue weighted by Crippen LogP contribution is -2.20. The van der Waals surface area contributed by atoms with Gasteiger partial charge in [0, 0.05) is 10.2 Å². The molecule has 0 aliphatic carbocycles. The molecule has 0 bridgehead atoms. The molecule has 3 N–H and O–H groups in total. The molecule has 1 amide bonds. The number of ether oxygens (including phenoxy) is 1. The third kappa shape index (κ3) is 4.52. The van der Waals surface area contributed by atoms with E-state index in [-0.39, 0.29) is 12.5 Å². The highest BCUT2D eigenvalue weighted by atomic mass is 79.9. The van der Waals surface area contributed by atoms with E-state index in [9.17, 15) is 4.79 Å². The quantitative estimate of drug-likeness (QED) is 0.763. The fourth-order valence-electron chi connectivity index (χ4n) is 1.56. The van der Waals surface area contributed by atoms with Gasteiger partial charge in [-0.2, -0.15) is 0 Å². The van der Waals surface area contributed by atoms with Crippen LogP contribution in [0, 0.1) is 0 Å². The fourth-order valence-corrected chi connectivity index (χ4v) is 2.45. The Hall–Kier alpha value is -1.43. The summed E-state index contributed by atoms with van der Waals surface area (Å²) in [6.45, 7) is -0.188. The Labute approximate surface area is 140 Å². The van der Waals surface area contributed by atoms with Gasteiger partial charge in [0.1, 0.15) is 5.75 Å². The van der Waals surface area contributed by atoms with Crippen LogP contribution in [0.15, 0.2) is 40.9 Å². The topological polar surface area (TPSA) is 64.3 Å². The van der Waals surface area contributed by atoms with Crippen LogP contribution >= 0.6 is 39.1 Å². The molecule has 0 spiro atoms. The molecule has 0 aliphatic rings. The van der Waals surface area contributed by atoms with Crippen molar-refractivity contribution in [1.82, 2.24) is 0 Å². The maximum atomic E-state index is 11.8. The normalized spacial score (nSPS) is 10.2. The number of benzene rings is 2. The van der Waals surface area contributed by atoms with E-state index in [1.807, 2.05) is 0 Å². The van der Waals surface area contributed by atoms with Gasteiger partial charge in [0.15, 0.2) is 6.61 Å². The van der Waals surface area contributed by atoms with Gasteiger partial charge in [-0.3, -0.25) is 4.79 Å². The molecule has 2 rings (SSSR count). The predicted molar refractivity (Wildman–Crippen MR) is 89.1 cm³/mol. The Morgan fingerprint density at radius 3 is 2.67 bits per heavy atom. The summed E-state index contributed by atoms with van der Waals surface area (Å²) in [7, 11) is 0. The SMILES string of the molecule is Nc1ccc(Cl)c(NC(=O)COc2ccc(Br)cc2Cl)c1. The first-order valence-electron chi connectivity index (χ1n) is 5.88. The Kier molecular flexibility index (Phi) is 5.33. The van der Waals surface area contributed by atoms with Gasteiger partial charge in [0.2, 0.25) is 0 Å². The average molecular weight is 390 g/mol. The summed E-state index contributed by atoms with van der Waals surface area (Å²) in [5.41, 5.74) is 6.58. The van der Waals surface area contributed by atoms with Crippen LogP contribution in [0.4, 0.5) is 11.4 Å². The van der Waals surface area contributed by atoms with Crippen LogP contribution in [0.3, 0.4) is 0 Å². The highest BCUT2D eigenvalue weighted by Crippen LogP contribution is 2.28. The molecule has 0 aliphatic heterocycles. The lowest BCUT2D eigenvalue weighted by atomic mass is 10.3. The van der Waals surface area contributed by atoms with E-state index in [0.29, 0.717) is 27.2 Å². The molecule has 0 fully saturated rings. The maximum Gasteiger partial charge on any atom is 0.262 e. The molecule has 7 heteroatoms. The Morgan fingerprint density at radius 1 is 1.19 bits per heavy atom. The number of rotatable bonds is 4. The summed E-state index contributed by atoms with van der Waals surface area (Å²) in [5, 5.41) is 3.44. The van der Waals surface area contributed by atoms with Crippen molar-refractivity contribution in [2.45, 2.75) is 0 Å². The van der Waals surface area contributed by atoms with Gasteiger partial charge in [0.25, 0.3) is 5.91 Å². The first-order valence-corrected chi connectivity index (χ1v) is 7.43. The van der Waals surface area contributed by atoms with Gasteiger partial charge in [0.05, 0.1) is 15.7 Å². The van der Waals surface area contributed by atoms with Crippen LogP contribution in [0.5, 0.6) is 5.75 Å². The number of nitrogens with two attached hydrogens (primary N) is 1. The smallest absolute Gasteiger partial charge is 0.262 e. The third-order valence-corrected chi connectivity index (χ3v) is 3.64. The first-order chi connectivity index (χ1) is 9.95. The molecule has 2 aromatic rings. The summed E-state index contributed by atoms with van der Waals surface area (Å²) >= 11 is 15.2. The summed E-state index contributed by atoms with van der Waals surface area (Å²) in [4.78, 5) is 11.8. The largest absolute Gasteiger partial charge is 0.482 e. The van der Waals surface area contributed by atoms with Crippen molar-refractivity contribution in [2.75, 3.05) is 17.7 Å². The van der Waals surface area contributed by atoms with E-state index in [1.165, 1.54) is 0 Å². The first kappa shape index (κ1) is 15.9. The minimum Gasteiger partial charge on any atom is -0.482 e. The second-order valence-electron chi connectivity index (χ2n) is 4.15. The lowest BCUT2D eigenvalue weighted by molar-refractivity contribution is -0.118. The molecule has 110 valence electrons. The summed E-state index contributed by atoms with van der Waals surface area (Å²) in [5.74, 6) is 0.0650. The maximum absolute atomic E-state index is 11.8. The van der Waals surface area contributed by atoms with Crippen LogP contribution in [0.25, 0.3) is 0 Å². The van der Waals surface area contributed by atoms with Crippen LogP contribution in [-0.4, -0.2) is 12.5 Å². The molecule has 0 heterocycles. The van der Waals surface area contributed by atoms with Gasteiger partial charge in [-0.25, -0.2) is 0 Å². The Bertz CT molecular complexity index is 680. The number of amides is 1. The molecule has 4 nitrogen and oxygen atoms in total. The number of carbonyl (C=O) groups excluding carboxylic acids is 1. The average Bonchev–Trinajstić information content (AvgIpc) is 2.42. The molecular formula is C14H11BrCl2N2O2. The van der Waals surface area contributed by atoms with Gasteiger partial charge in [-0.15, -0.1) is 0 Å². The fraction of sp³-hybridized carbons (Fsp3) is 0.0714. The van der Waals surface area contributed by atoms with E-state index in [1.54, 1.807) is 36.4 Å². The minimum atomic E-state index is -0.360. The van der Waals surface area contributed by atoms with Gasteiger partial charge < -0.3 is 15.8 Å². The van der Waals surface area contributed by atoms with Gasteiger partial charge in [-0.1, -0.05) is 39.1 Å². The zero-order valence-electron chi connectivity index (χ0n) is 10.7. The van der Waals surface area contributed by atoms with E-state index < -0.39 is 0 Å². The van der Waals surface area contributed by atoms with Crippen LogP contribution < -0.4 is 15.8 Å². The number of carbonyl (C=O) groups is 1. The highest BCUT2D eigenvalue weighted by Gasteiger charge is 2.09. The zero-order chi connectivity index (χ0) is 15.4. The molecule has 2 aromatic carbocycles.